The second-order valence-electron chi connectivity index (χ2n) is 4.24. The molecule has 1 rings (SSSR count). The van der Waals surface area contributed by atoms with Gasteiger partial charge < -0.3 is 9.47 Å². The highest BCUT2D eigenvalue weighted by molar-refractivity contribution is 6.00. The molecule has 0 unspecified atom stereocenters. The Balaban J connectivity index is 2.84. The predicted molar refractivity (Wildman–Crippen MR) is 80.7 cm³/mol. The van der Waals surface area contributed by atoms with Crippen LogP contribution >= 0.6 is 0 Å². The molecule has 1 aromatic rings. The number of ether oxygens (including phenoxy) is 2. The normalized spacial score (nSPS) is 11.2. The Morgan fingerprint density at radius 2 is 1.43 bits per heavy atom. The fourth-order valence-electron chi connectivity index (χ4n) is 1.63. The summed E-state index contributed by atoms with van der Waals surface area (Å²) in [4.78, 5) is 24.2. The lowest BCUT2D eigenvalue weighted by molar-refractivity contribution is -0.156. The number of allylic oxidation sites excluding steroid dienone is 2. The van der Waals surface area contributed by atoms with Gasteiger partial charge in [0.1, 0.15) is 13.2 Å². The molecule has 1 aromatic carbocycles. The Kier molecular flexibility index (Phi) is 7.58. The van der Waals surface area contributed by atoms with Crippen LogP contribution in [0.25, 0.3) is 0 Å². The van der Waals surface area contributed by atoms with Crippen LogP contribution in [0.2, 0.25) is 0 Å². The first-order chi connectivity index (χ1) is 10.2. The highest BCUT2D eigenvalue weighted by Crippen LogP contribution is 2.19. The third-order valence-corrected chi connectivity index (χ3v) is 2.72. The Bertz CT molecular complexity index is 475. The molecule has 112 valence electrons. The third-order valence-electron chi connectivity index (χ3n) is 2.72. The molecule has 0 aliphatic carbocycles. The average Bonchev–Trinajstić information content (AvgIpc) is 2.49. The van der Waals surface area contributed by atoms with Crippen molar-refractivity contribution in [2.24, 2.45) is 0 Å². The Labute approximate surface area is 125 Å². The molecule has 0 heterocycles. The van der Waals surface area contributed by atoms with E-state index in [0.29, 0.717) is 5.56 Å². The summed E-state index contributed by atoms with van der Waals surface area (Å²) >= 11 is 0. The van der Waals surface area contributed by atoms with Crippen LogP contribution in [0.3, 0.4) is 0 Å². The van der Waals surface area contributed by atoms with E-state index in [-0.39, 0.29) is 13.2 Å². The molecule has 0 spiro atoms. The molecule has 0 atom stereocenters. The summed E-state index contributed by atoms with van der Waals surface area (Å²) in [6.07, 6.45) is 6.94. The van der Waals surface area contributed by atoms with E-state index in [0.717, 1.165) is 0 Å². The third kappa shape index (κ3) is 5.65. The molecule has 0 N–H and O–H groups in total. The fourth-order valence-corrected chi connectivity index (χ4v) is 1.63. The first kappa shape index (κ1) is 16.7. The van der Waals surface area contributed by atoms with Crippen LogP contribution in [0.4, 0.5) is 0 Å². The molecular weight excluding hydrogens is 268 g/mol. The maximum atomic E-state index is 12.1. The monoisotopic (exact) mass is 288 g/mol. The molecule has 4 heteroatoms. The first-order valence-electron chi connectivity index (χ1n) is 6.81. The molecular formula is C17H20O4. The molecule has 0 radical (unpaired) electrons. The number of esters is 2. The summed E-state index contributed by atoms with van der Waals surface area (Å²) in [6.45, 7) is 3.93. The lowest BCUT2D eigenvalue weighted by Crippen LogP contribution is -2.26. The molecule has 0 aliphatic heterocycles. The van der Waals surface area contributed by atoms with Gasteiger partial charge in [-0.2, -0.15) is 0 Å². The van der Waals surface area contributed by atoms with E-state index in [4.69, 9.17) is 9.47 Å². The van der Waals surface area contributed by atoms with Gasteiger partial charge in [-0.1, -0.05) is 54.6 Å². The zero-order chi connectivity index (χ0) is 15.5. The van der Waals surface area contributed by atoms with Crippen LogP contribution in [-0.4, -0.2) is 25.2 Å². The second kappa shape index (κ2) is 9.53. The summed E-state index contributed by atoms with van der Waals surface area (Å²) < 4.78 is 10.2. The maximum Gasteiger partial charge on any atom is 0.325 e. The van der Waals surface area contributed by atoms with E-state index in [1.54, 1.807) is 48.6 Å². The average molecular weight is 288 g/mol. The van der Waals surface area contributed by atoms with Gasteiger partial charge in [-0.15, -0.1) is 0 Å². The molecule has 4 nitrogen and oxygen atoms in total. The topological polar surface area (TPSA) is 52.6 Å². The molecule has 0 saturated heterocycles. The van der Waals surface area contributed by atoms with Gasteiger partial charge in [0.15, 0.2) is 5.92 Å². The van der Waals surface area contributed by atoms with Crippen molar-refractivity contribution in [3.05, 3.63) is 60.2 Å². The van der Waals surface area contributed by atoms with Crippen LogP contribution in [0.5, 0.6) is 0 Å². The number of carbonyl (C=O) groups is 2. The summed E-state index contributed by atoms with van der Waals surface area (Å²) in [5, 5.41) is 0. The van der Waals surface area contributed by atoms with Crippen LogP contribution in [0.1, 0.15) is 25.3 Å². The highest BCUT2D eigenvalue weighted by Gasteiger charge is 2.31. The largest absolute Gasteiger partial charge is 0.461 e. The molecule has 0 bridgehead atoms. The summed E-state index contributed by atoms with van der Waals surface area (Å²) in [7, 11) is 0. The number of hydrogen-bond acceptors (Lipinski definition) is 4. The SMILES string of the molecule is C/C=C/COC(=O)C(C(=O)OC/C=C/C)c1ccccc1. The van der Waals surface area contributed by atoms with E-state index in [1.165, 1.54) is 0 Å². The van der Waals surface area contributed by atoms with Crippen molar-refractivity contribution in [3.8, 4) is 0 Å². The van der Waals surface area contributed by atoms with Crippen molar-refractivity contribution in [2.75, 3.05) is 13.2 Å². The zero-order valence-electron chi connectivity index (χ0n) is 12.3. The van der Waals surface area contributed by atoms with E-state index >= 15 is 0 Å². The summed E-state index contributed by atoms with van der Waals surface area (Å²) in [5.41, 5.74) is 0.563. The van der Waals surface area contributed by atoms with Gasteiger partial charge >= 0.3 is 11.9 Å². The number of hydrogen-bond donors (Lipinski definition) is 0. The van der Waals surface area contributed by atoms with E-state index < -0.39 is 17.9 Å². The number of rotatable bonds is 7. The Morgan fingerprint density at radius 3 is 1.86 bits per heavy atom. The van der Waals surface area contributed by atoms with Crippen molar-refractivity contribution in [1.82, 2.24) is 0 Å². The van der Waals surface area contributed by atoms with Gasteiger partial charge in [0.25, 0.3) is 0 Å². The van der Waals surface area contributed by atoms with Gasteiger partial charge in [-0.3, -0.25) is 9.59 Å². The number of benzene rings is 1. The molecule has 0 aliphatic rings. The number of carbonyl (C=O) groups excluding carboxylic acids is 2. The van der Waals surface area contributed by atoms with Gasteiger partial charge in [-0.05, 0) is 19.4 Å². The quantitative estimate of drug-likeness (QED) is 0.439. The Hall–Kier alpha value is -2.36. The van der Waals surface area contributed by atoms with Crippen LogP contribution in [0, 0.1) is 0 Å². The van der Waals surface area contributed by atoms with Crippen molar-refractivity contribution in [1.29, 1.82) is 0 Å². The zero-order valence-corrected chi connectivity index (χ0v) is 12.3. The van der Waals surface area contributed by atoms with Gasteiger partial charge in [0.05, 0.1) is 0 Å². The predicted octanol–water partition coefficient (Wildman–Crippen LogP) is 3.01. The maximum absolute atomic E-state index is 12.1. The van der Waals surface area contributed by atoms with Crippen LogP contribution in [0.15, 0.2) is 54.6 Å². The summed E-state index contributed by atoms with van der Waals surface area (Å²) in [5.74, 6) is -2.27. The fraction of sp³-hybridized carbons (Fsp3) is 0.294. The minimum Gasteiger partial charge on any atom is -0.461 e. The van der Waals surface area contributed by atoms with E-state index in [1.807, 2.05) is 19.9 Å². The van der Waals surface area contributed by atoms with Crippen molar-refractivity contribution in [3.63, 3.8) is 0 Å². The first-order valence-corrected chi connectivity index (χ1v) is 6.81. The second-order valence-corrected chi connectivity index (χ2v) is 4.24. The lowest BCUT2D eigenvalue weighted by atomic mass is 9.99. The minimum absolute atomic E-state index is 0.140. The van der Waals surface area contributed by atoms with E-state index in [2.05, 4.69) is 0 Å². The lowest BCUT2D eigenvalue weighted by Gasteiger charge is -2.14. The van der Waals surface area contributed by atoms with E-state index in [9.17, 15) is 9.59 Å². The highest BCUT2D eigenvalue weighted by atomic mass is 16.6. The molecule has 21 heavy (non-hydrogen) atoms. The van der Waals surface area contributed by atoms with Crippen LogP contribution in [-0.2, 0) is 19.1 Å². The Morgan fingerprint density at radius 1 is 0.952 bits per heavy atom. The standard InChI is InChI=1S/C17H20O4/c1-3-5-12-20-16(18)15(14-10-8-7-9-11-14)17(19)21-13-6-4-2/h3-11,15H,12-13H2,1-2H3/b5-3+,6-4+. The van der Waals surface area contributed by atoms with Gasteiger partial charge in [0.2, 0.25) is 0 Å². The smallest absolute Gasteiger partial charge is 0.325 e. The molecule has 0 saturated carbocycles. The van der Waals surface area contributed by atoms with Crippen molar-refractivity contribution in [2.45, 2.75) is 19.8 Å². The van der Waals surface area contributed by atoms with Gasteiger partial charge in [-0.25, -0.2) is 0 Å². The van der Waals surface area contributed by atoms with Gasteiger partial charge in [0, 0.05) is 0 Å². The molecule has 0 aromatic heterocycles. The van der Waals surface area contributed by atoms with Crippen molar-refractivity contribution >= 4 is 11.9 Å². The molecule has 0 fully saturated rings. The van der Waals surface area contributed by atoms with Crippen LogP contribution < -0.4 is 0 Å². The summed E-state index contributed by atoms with van der Waals surface area (Å²) in [6, 6.07) is 8.76. The molecule has 0 amide bonds. The van der Waals surface area contributed by atoms with Crippen molar-refractivity contribution < 1.29 is 19.1 Å². The minimum atomic E-state index is -1.05.